The van der Waals surface area contributed by atoms with Gasteiger partial charge in [0, 0.05) is 16.6 Å². The molecule has 0 fully saturated rings. The van der Waals surface area contributed by atoms with Crippen LogP contribution in [-0.4, -0.2) is 13.0 Å². The fourth-order valence-corrected chi connectivity index (χ4v) is 3.53. The average Bonchev–Trinajstić information content (AvgIpc) is 2.68. The van der Waals surface area contributed by atoms with Crippen LogP contribution in [0.1, 0.15) is 10.8 Å². The highest BCUT2D eigenvalue weighted by Crippen LogP contribution is 2.37. The maximum Gasteiger partial charge on any atom is 0.242 e. The molecule has 5 heteroatoms. The second-order valence-electron chi connectivity index (χ2n) is 5.56. The molecule has 0 bridgehead atoms. The summed E-state index contributed by atoms with van der Waals surface area (Å²) in [5.41, 5.74) is 1.44. The molecule has 0 aliphatic carbocycles. The number of anilines is 1. The number of nitrogens with one attached hydrogen (secondary N) is 1. The summed E-state index contributed by atoms with van der Waals surface area (Å²) in [5.74, 6) is 0.0890. The van der Waals surface area contributed by atoms with Crippen molar-refractivity contribution in [2.75, 3.05) is 12.4 Å². The van der Waals surface area contributed by atoms with Crippen molar-refractivity contribution in [2.24, 2.45) is 0 Å². The lowest BCUT2D eigenvalue weighted by atomic mass is 10.1. The van der Waals surface area contributed by atoms with E-state index in [1.165, 1.54) is 17.8 Å². The second kappa shape index (κ2) is 8.54. The molecular weight excluding hydrogens is 349 g/mol. The van der Waals surface area contributed by atoms with E-state index < -0.39 is 5.25 Å². The lowest BCUT2D eigenvalue weighted by molar-refractivity contribution is -0.115. The Morgan fingerprint density at radius 3 is 2.46 bits per heavy atom. The highest BCUT2D eigenvalue weighted by atomic mass is 32.2. The van der Waals surface area contributed by atoms with Crippen molar-refractivity contribution in [1.82, 2.24) is 0 Å². The molecule has 1 atom stereocenters. The smallest absolute Gasteiger partial charge is 0.242 e. The van der Waals surface area contributed by atoms with E-state index in [1.807, 2.05) is 30.3 Å². The number of rotatable bonds is 6. The van der Waals surface area contributed by atoms with Crippen LogP contribution in [0.5, 0.6) is 5.75 Å². The van der Waals surface area contributed by atoms with E-state index in [0.717, 1.165) is 5.56 Å². The predicted octanol–water partition coefficient (Wildman–Crippen LogP) is 5.31. The Hall–Kier alpha value is -2.79. The number of thioether (sulfide) groups is 1. The normalized spacial score (nSPS) is 11.6. The SMILES string of the molecule is COc1cccc(NC(=O)[C@@H](Sc2ccccc2F)c2ccccc2)c1. The number of methoxy groups -OCH3 is 1. The average molecular weight is 367 g/mol. The standard InChI is InChI=1S/C21H18FNO2S/c1-25-17-11-7-10-16(14-17)23-21(24)20(15-8-3-2-4-9-15)26-19-13-6-5-12-18(19)22/h2-14,20H,1H3,(H,23,24)/t20-/m0/s1. The van der Waals surface area contributed by atoms with Crippen LogP contribution >= 0.6 is 11.8 Å². The van der Waals surface area contributed by atoms with Crippen LogP contribution in [0.2, 0.25) is 0 Å². The van der Waals surface area contributed by atoms with Gasteiger partial charge in [-0.05, 0) is 29.8 Å². The van der Waals surface area contributed by atoms with Gasteiger partial charge in [0.1, 0.15) is 16.8 Å². The van der Waals surface area contributed by atoms with Crippen LogP contribution in [0.4, 0.5) is 10.1 Å². The summed E-state index contributed by atoms with van der Waals surface area (Å²) in [5, 5.41) is 2.31. The van der Waals surface area contributed by atoms with E-state index in [-0.39, 0.29) is 11.7 Å². The summed E-state index contributed by atoms with van der Waals surface area (Å²) in [4.78, 5) is 13.4. The lowest BCUT2D eigenvalue weighted by Gasteiger charge is -2.17. The minimum absolute atomic E-state index is 0.224. The third kappa shape index (κ3) is 4.43. The van der Waals surface area contributed by atoms with Crippen LogP contribution in [0.25, 0.3) is 0 Å². The van der Waals surface area contributed by atoms with Crippen molar-refractivity contribution < 1.29 is 13.9 Å². The van der Waals surface area contributed by atoms with Gasteiger partial charge in [-0.15, -0.1) is 11.8 Å². The van der Waals surface area contributed by atoms with Gasteiger partial charge < -0.3 is 10.1 Å². The zero-order valence-corrected chi connectivity index (χ0v) is 15.0. The number of carbonyl (C=O) groups excluding carboxylic acids is 1. The quantitative estimate of drug-likeness (QED) is 0.600. The van der Waals surface area contributed by atoms with Gasteiger partial charge in [0.25, 0.3) is 0 Å². The molecule has 26 heavy (non-hydrogen) atoms. The zero-order valence-electron chi connectivity index (χ0n) is 14.2. The van der Waals surface area contributed by atoms with E-state index in [9.17, 15) is 9.18 Å². The molecule has 1 N–H and O–H groups in total. The van der Waals surface area contributed by atoms with Crippen LogP contribution < -0.4 is 10.1 Å². The van der Waals surface area contributed by atoms with Gasteiger partial charge in [-0.25, -0.2) is 4.39 Å². The summed E-state index contributed by atoms with van der Waals surface area (Å²) in [6, 6.07) is 22.9. The Morgan fingerprint density at radius 1 is 1.00 bits per heavy atom. The van der Waals surface area contributed by atoms with Crippen LogP contribution in [0.15, 0.2) is 83.8 Å². The number of hydrogen-bond donors (Lipinski definition) is 1. The zero-order chi connectivity index (χ0) is 18.4. The third-order valence-corrected chi connectivity index (χ3v) is 5.07. The van der Waals surface area contributed by atoms with Crippen molar-refractivity contribution in [3.8, 4) is 5.75 Å². The van der Waals surface area contributed by atoms with E-state index in [0.29, 0.717) is 16.3 Å². The molecule has 0 saturated heterocycles. The third-order valence-electron chi connectivity index (χ3n) is 3.76. The first-order valence-electron chi connectivity index (χ1n) is 8.08. The molecule has 3 nitrogen and oxygen atoms in total. The number of benzene rings is 3. The van der Waals surface area contributed by atoms with Gasteiger partial charge in [-0.2, -0.15) is 0 Å². The van der Waals surface area contributed by atoms with E-state index in [2.05, 4.69) is 5.32 Å². The topological polar surface area (TPSA) is 38.3 Å². The molecule has 3 rings (SSSR count). The first-order chi connectivity index (χ1) is 12.7. The van der Waals surface area contributed by atoms with Gasteiger partial charge in [0.05, 0.1) is 7.11 Å². The molecule has 0 aromatic heterocycles. The molecule has 0 radical (unpaired) electrons. The molecule has 0 unspecified atom stereocenters. The number of hydrogen-bond acceptors (Lipinski definition) is 3. The number of halogens is 1. The van der Waals surface area contributed by atoms with E-state index >= 15 is 0 Å². The number of carbonyl (C=O) groups is 1. The van der Waals surface area contributed by atoms with E-state index in [4.69, 9.17) is 4.74 Å². The summed E-state index contributed by atoms with van der Waals surface area (Å²) in [7, 11) is 1.57. The largest absolute Gasteiger partial charge is 0.497 e. The first-order valence-corrected chi connectivity index (χ1v) is 8.96. The molecule has 1 amide bonds. The minimum atomic E-state index is -0.584. The number of ether oxygens (including phenoxy) is 1. The molecule has 0 heterocycles. The Morgan fingerprint density at radius 2 is 1.73 bits per heavy atom. The molecule has 0 saturated carbocycles. The summed E-state index contributed by atoms with van der Waals surface area (Å²) in [6.07, 6.45) is 0. The first kappa shape index (κ1) is 18.0. The summed E-state index contributed by atoms with van der Waals surface area (Å²) < 4.78 is 19.3. The monoisotopic (exact) mass is 367 g/mol. The highest BCUT2D eigenvalue weighted by Gasteiger charge is 2.23. The second-order valence-corrected chi connectivity index (χ2v) is 6.71. The lowest BCUT2D eigenvalue weighted by Crippen LogP contribution is -2.19. The highest BCUT2D eigenvalue weighted by molar-refractivity contribution is 8.00. The van der Waals surface area contributed by atoms with Gasteiger partial charge in [0.2, 0.25) is 5.91 Å². The molecule has 132 valence electrons. The van der Waals surface area contributed by atoms with Crippen LogP contribution in [0.3, 0.4) is 0 Å². The predicted molar refractivity (Wildman–Crippen MR) is 103 cm³/mol. The van der Waals surface area contributed by atoms with Gasteiger partial charge in [0.15, 0.2) is 0 Å². The Kier molecular flexibility index (Phi) is 5.92. The molecule has 0 spiro atoms. The van der Waals surface area contributed by atoms with E-state index in [1.54, 1.807) is 49.6 Å². The van der Waals surface area contributed by atoms with Crippen molar-refractivity contribution in [2.45, 2.75) is 10.1 Å². The van der Waals surface area contributed by atoms with Crippen molar-refractivity contribution in [3.05, 3.63) is 90.2 Å². The Balaban J connectivity index is 1.87. The molecular formula is C21H18FNO2S. The fourth-order valence-electron chi connectivity index (χ4n) is 2.48. The maximum absolute atomic E-state index is 14.1. The Labute approximate surface area is 156 Å². The Bertz CT molecular complexity index is 886. The van der Waals surface area contributed by atoms with Crippen molar-refractivity contribution in [3.63, 3.8) is 0 Å². The van der Waals surface area contributed by atoms with Gasteiger partial charge in [-0.1, -0.05) is 48.5 Å². The van der Waals surface area contributed by atoms with Crippen LogP contribution in [0, 0.1) is 5.82 Å². The van der Waals surface area contributed by atoms with Gasteiger partial charge in [-0.3, -0.25) is 4.79 Å². The molecule has 0 aliphatic heterocycles. The molecule has 3 aromatic carbocycles. The van der Waals surface area contributed by atoms with Crippen molar-refractivity contribution in [1.29, 1.82) is 0 Å². The maximum atomic E-state index is 14.1. The number of amides is 1. The van der Waals surface area contributed by atoms with Gasteiger partial charge >= 0.3 is 0 Å². The molecule has 0 aliphatic rings. The summed E-state index contributed by atoms with van der Waals surface area (Å²) >= 11 is 1.19. The molecule has 3 aromatic rings. The fraction of sp³-hybridized carbons (Fsp3) is 0.0952. The van der Waals surface area contributed by atoms with Crippen molar-refractivity contribution >= 4 is 23.4 Å². The summed E-state index contributed by atoms with van der Waals surface area (Å²) in [6.45, 7) is 0. The minimum Gasteiger partial charge on any atom is -0.497 e. The van der Waals surface area contributed by atoms with Crippen LogP contribution in [-0.2, 0) is 4.79 Å².